The Morgan fingerprint density at radius 2 is 1.95 bits per heavy atom. The van der Waals surface area contributed by atoms with E-state index in [4.69, 9.17) is 0 Å². The van der Waals surface area contributed by atoms with Crippen LogP contribution in [0, 0.1) is 34.9 Å². The minimum absolute atomic E-state index is 0.00600. The summed E-state index contributed by atoms with van der Waals surface area (Å²) in [5.74, 6) is 2.07. The van der Waals surface area contributed by atoms with Crippen LogP contribution in [0.4, 0.5) is 9.18 Å². The van der Waals surface area contributed by atoms with Gasteiger partial charge in [-0.25, -0.2) is 14.2 Å². The van der Waals surface area contributed by atoms with Crippen LogP contribution in [0.5, 0.6) is 0 Å². The van der Waals surface area contributed by atoms with Crippen molar-refractivity contribution in [2.24, 2.45) is 29.1 Å². The topological polar surface area (TPSA) is 79.2 Å². The summed E-state index contributed by atoms with van der Waals surface area (Å²) in [4.78, 5) is 16.9. The van der Waals surface area contributed by atoms with Gasteiger partial charge in [0, 0.05) is 23.7 Å². The molecule has 198 valence electrons. The van der Waals surface area contributed by atoms with Gasteiger partial charge in [0.05, 0.1) is 30.4 Å². The van der Waals surface area contributed by atoms with Crippen molar-refractivity contribution >= 4 is 6.03 Å². The fourth-order valence-corrected chi connectivity index (χ4v) is 9.32. The van der Waals surface area contributed by atoms with Crippen LogP contribution in [0.3, 0.4) is 0 Å². The van der Waals surface area contributed by atoms with Gasteiger partial charge in [-0.1, -0.05) is 31.4 Å². The maximum atomic E-state index is 15.0. The molecule has 6 nitrogen and oxygen atoms in total. The first kappa shape index (κ1) is 23.7. The summed E-state index contributed by atoms with van der Waals surface area (Å²) in [5, 5.41) is 18.2. The molecule has 8 rings (SSSR count). The van der Waals surface area contributed by atoms with E-state index in [0.29, 0.717) is 41.7 Å². The largest absolute Gasteiger partial charge is 0.392 e. The van der Waals surface area contributed by atoms with Crippen LogP contribution in [0.25, 0.3) is 11.3 Å². The zero-order valence-corrected chi connectivity index (χ0v) is 21.5. The molecule has 5 fully saturated rings. The van der Waals surface area contributed by atoms with Gasteiger partial charge in [0.25, 0.3) is 0 Å². The van der Waals surface area contributed by atoms with Gasteiger partial charge >= 0.3 is 6.03 Å². The van der Waals surface area contributed by atoms with Crippen molar-refractivity contribution in [3.8, 4) is 11.3 Å². The molecule has 37 heavy (non-hydrogen) atoms. The monoisotopic (exact) mass is 506 g/mol. The number of nitrogens with one attached hydrogen (secondary N) is 2. The molecule has 1 aromatic heterocycles. The fourth-order valence-electron chi connectivity index (χ4n) is 9.32. The predicted molar refractivity (Wildman–Crippen MR) is 139 cm³/mol. The second kappa shape index (κ2) is 9.11. The number of rotatable bonds is 6. The number of urea groups is 1. The highest BCUT2D eigenvalue weighted by Gasteiger charge is 2.58. The molecule has 2 heterocycles. The quantitative estimate of drug-likeness (QED) is 0.490. The Hall–Kier alpha value is -2.41. The average Bonchev–Trinajstić information content (AvgIpc) is 3.47. The van der Waals surface area contributed by atoms with E-state index in [2.05, 4.69) is 20.2 Å². The lowest BCUT2D eigenvalue weighted by Crippen LogP contribution is -2.58. The summed E-state index contributed by atoms with van der Waals surface area (Å²) in [6.07, 6.45) is 15.1. The molecule has 0 saturated heterocycles. The Balaban J connectivity index is 1.04. The van der Waals surface area contributed by atoms with Gasteiger partial charge in [0.2, 0.25) is 0 Å². The van der Waals surface area contributed by atoms with Gasteiger partial charge in [-0.15, -0.1) is 0 Å². The standard InChI is InChI=1S/C30H39FN4O2/c31-24-8-4-7-22-26-16-32-17-35(26)25(28(22)24)11-27(36)30-12-18-9-19(13-30)23(20(10-18)14-30)15-33-29(37)34-21-5-2-1-3-6-21/h4,7-8,16-21,23,25,27,36H,1-3,5-6,9-15H2,(H2,33,34,37). The first-order chi connectivity index (χ1) is 18.0. The Morgan fingerprint density at radius 1 is 1.16 bits per heavy atom. The number of fused-ring (bicyclic) bond motifs is 3. The summed E-state index contributed by atoms with van der Waals surface area (Å²) in [7, 11) is 0. The molecule has 1 aliphatic heterocycles. The molecule has 5 saturated carbocycles. The van der Waals surface area contributed by atoms with Crippen LogP contribution in [0.2, 0.25) is 0 Å². The van der Waals surface area contributed by atoms with Crippen LogP contribution < -0.4 is 10.6 Å². The minimum Gasteiger partial charge on any atom is -0.392 e. The van der Waals surface area contributed by atoms with Gasteiger partial charge < -0.3 is 20.3 Å². The van der Waals surface area contributed by atoms with Crippen molar-refractivity contribution in [3.05, 3.63) is 42.1 Å². The van der Waals surface area contributed by atoms with Crippen molar-refractivity contribution < 1.29 is 14.3 Å². The minimum atomic E-state index is -0.477. The van der Waals surface area contributed by atoms with E-state index in [1.54, 1.807) is 18.6 Å². The molecule has 1 aromatic carbocycles. The van der Waals surface area contributed by atoms with Crippen LogP contribution in [-0.4, -0.2) is 39.4 Å². The molecular formula is C30H39FN4O2. The number of aliphatic hydroxyl groups is 1. The molecular weight excluding hydrogens is 467 g/mol. The molecule has 0 radical (unpaired) electrons. The fraction of sp³-hybridized carbons (Fsp3) is 0.667. The molecule has 5 aliphatic carbocycles. The SMILES string of the molecule is O=C(NCC1C2CC3CC1CC(C(O)CC1c4c(F)cccc4-c4cncn41)(C3)C2)NC1CCCCC1. The summed E-state index contributed by atoms with van der Waals surface area (Å²) in [6.45, 7) is 0.742. The third-order valence-electron chi connectivity index (χ3n) is 10.8. The van der Waals surface area contributed by atoms with E-state index in [1.807, 2.05) is 6.07 Å². The maximum absolute atomic E-state index is 15.0. The number of benzene rings is 1. The lowest BCUT2D eigenvalue weighted by atomic mass is 9.44. The van der Waals surface area contributed by atoms with Gasteiger partial charge in [-0.2, -0.15) is 0 Å². The van der Waals surface area contributed by atoms with Crippen molar-refractivity contribution in [1.82, 2.24) is 20.2 Å². The van der Waals surface area contributed by atoms with E-state index in [1.165, 1.54) is 38.2 Å². The second-order valence-corrected chi connectivity index (χ2v) is 12.8. The normalized spacial score (nSPS) is 34.7. The smallest absolute Gasteiger partial charge is 0.315 e. The molecule has 6 aliphatic rings. The van der Waals surface area contributed by atoms with Gasteiger partial charge in [0.1, 0.15) is 5.82 Å². The third kappa shape index (κ3) is 4.00. The molecule has 2 aromatic rings. The summed E-state index contributed by atoms with van der Waals surface area (Å²) in [6, 6.07) is 5.36. The number of imidazole rings is 1. The van der Waals surface area contributed by atoms with Crippen LogP contribution >= 0.6 is 0 Å². The highest BCUT2D eigenvalue weighted by Crippen LogP contribution is 2.64. The predicted octanol–water partition coefficient (Wildman–Crippen LogP) is 5.42. The number of hydrogen-bond acceptors (Lipinski definition) is 3. The van der Waals surface area contributed by atoms with Crippen LogP contribution in [0.15, 0.2) is 30.7 Å². The summed E-state index contributed by atoms with van der Waals surface area (Å²) < 4.78 is 17.0. The molecule has 2 amide bonds. The highest BCUT2D eigenvalue weighted by atomic mass is 19.1. The molecule has 4 unspecified atom stereocenters. The molecule has 4 atom stereocenters. The Morgan fingerprint density at radius 3 is 2.73 bits per heavy atom. The zero-order chi connectivity index (χ0) is 25.1. The van der Waals surface area contributed by atoms with Gasteiger partial charge in [0.15, 0.2) is 0 Å². The highest BCUT2D eigenvalue weighted by molar-refractivity contribution is 5.74. The number of aliphatic hydroxyl groups excluding tert-OH is 1. The van der Waals surface area contributed by atoms with E-state index in [0.717, 1.165) is 49.9 Å². The van der Waals surface area contributed by atoms with E-state index in [-0.39, 0.29) is 23.3 Å². The number of carbonyl (C=O) groups excluding carboxylic acids is 1. The number of halogens is 1. The zero-order valence-electron chi connectivity index (χ0n) is 21.5. The van der Waals surface area contributed by atoms with Gasteiger partial charge in [-0.3, -0.25) is 0 Å². The Labute approximate surface area is 218 Å². The lowest BCUT2D eigenvalue weighted by Gasteiger charge is -2.61. The Bertz CT molecular complexity index is 1160. The third-order valence-corrected chi connectivity index (χ3v) is 10.8. The molecule has 0 spiro atoms. The first-order valence-electron chi connectivity index (χ1n) is 14.5. The van der Waals surface area contributed by atoms with Crippen molar-refractivity contribution in [3.63, 3.8) is 0 Å². The van der Waals surface area contributed by atoms with E-state index >= 15 is 0 Å². The second-order valence-electron chi connectivity index (χ2n) is 12.8. The molecule has 3 N–H and O–H groups in total. The van der Waals surface area contributed by atoms with Crippen LogP contribution in [-0.2, 0) is 0 Å². The Kier molecular flexibility index (Phi) is 5.83. The number of carbonyl (C=O) groups is 1. The number of nitrogens with zero attached hydrogens (tertiary/aromatic N) is 2. The molecule has 7 heteroatoms. The summed E-state index contributed by atoms with van der Waals surface area (Å²) in [5.41, 5.74) is 2.45. The van der Waals surface area contributed by atoms with Crippen molar-refractivity contribution in [2.45, 2.75) is 88.8 Å². The number of amides is 2. The van der Waals surface area contributed by atoms with E-state index in [9.17, 15) is 14.3 Å². The maximum Gasteiger partial charge on any atom is 0.315 e. The van der Waals surface area contributed by atoms with Gasteiger partial charge in [-0.05, 0) is 86.5 Å². The van der Waals surface area contributed by atoms with Crippen molar-refractivity contribution in [2.75, 3.05) is 6.54 Å². The number of hydrogen-bond donors (Lipinski definition) is 3. The average molecular weight is 507 g/mol. The first-order valence-corrected chi connectivity index (χ1v) is 14.5. The summed E-state index contributed by atoms with van der Waals surface area (Å²) >= 11 is 0. The van der Waals surface area contributed by atoms with Crippen LogP contribution in [0.1, 0.15) is 82.2 Å². The lowest BCUT2D eigenvalue weighted by molar-refractivity contribution is -0.149. The van der Waals surface area contributed by atoms with E-state index < -0.39 is 6.10 Å². The molecule has 4 bridgehead atoms. The number of aromatic nitrogens is 2. The van der Waals surface area contributed by atoms with Crippen molar-refractivity contribution in [1.29, 1.82) is 0 Å².